The molecule has 0 fully saturated rings. The summed E-state index contributed by atoms with van der Waals surface area (Å²) in [4.78, 5) is 3.66. The molecule has 90 valence electrons. The molecular formula is C8H18N2O5. The Labute approximate surface area is 87.5 Å². The van der Waals surface area contributed by atoms with Crippen molar-refractivity contribution < 1.29 is 25.5 Å². The molecule has 7 N–H and O–H groups in total. The second-order valence-corrected chi connectivity index (χ2v) is 3.07. The number of aliphatic hydroxyl groups is 5. The minimum atomic E-state index is -1.63. The molecule has 0 aromatic rings. The maximum Gasteiger partial charge on any atom is 0.117 e. The summed E-state index contributed by atoms with van der Waals surface area (Å²) in [5, 5.41) is 45.2. The normalized spacial score (nSPS) is 20.1. The van der Waals surface area contributed by atoms with Crippen LogP contribution in [-0.4, -0.2) is 75.9 Å². The lowest BCUT2D eigenvalue weighted by molar-refractivity contribution is -0.0999. The largest absolute Gasteiger partial charge is 0.394 e. The second kappa shape index (κ2) is 7.69. The summed E-state index contributed by atoms with van der Waals surface area (Å²) in [5.41, 5.74) is 5.14. The Bertz CT molecular complexity index is 190. The number of hydrogen-bond donors (Lipinski definition) is 6. The van der Waals surface area contributed by atoms with Gasteiger partial charge >= 0.3 is 0 Å². The molecule has 0 heterocycles. The van der Waals surface area contributed by atoms with Crippen molar-refractivity contribution in [2.24, 2.45) is 10.7 Å². The summed E-state index contributed by atoms with van der Waals surface area (Å²) in [5.74, 6) is 0. The Balaban J connectivity index is 4.12. The van der Waals surface area contributed by atoms with E-state index >= 15 is 0 Å². The van der Waals surface area contributed by atoms with E-state index in [4.69, 9.17) is 15.9 Å². The third-order valence-corrected chi connectivity index (χ3v) is 1.80. The number of nitrogens with zero attached hydrogens (tertiary/aromatic N) is 1. The number of rotatable bonds is 7. The maximum absolute atomic E-state index is 9.29. The van der Waals surface area contributed by atoms with Crippen LogP contribution in [0.2, 0.25) is 0 Å². The zero-order valence-corrected chi connectivity index (χ0v) is 8.27. The highest BCUT2D eigenvalue weighted by Gasteiger charge is 2.28. The van der Waals surface area contributed by atoms with Crippen LogP contribution in [0.5, 0.6) is 0 Å². The van der Waals surface area contributed by atoms with Crippen molar-refractivity contribution in [3.05, 3.63) is 0 Å². The Hall–Kier alpha value is -0.570. The van der Waals surface area contributed by atoms with Gasteiger partial charge in [0.05, 0.1) is 13.2 Å². The lowest BCUT2D eigenvalue weighted by atomic mass is 10.0. The SMILES string of the molecule is NCCN=CC(O)C(O)C(O)C(O)CO. The highest BCUT2D eigenvalue weighted by Crippen LogP contribution is 2.03. The smallest absolute Gasteiger partial charge is 0.117 e. The lowest BCUT2D eigenvalue weighted by Gasteiger charge is -2.23. The van der Waals surface area contributed by atoms with E-state index < -0.39 is 31.0 Å². The van der Waals surface area contributed by atoms with Gasteiger partial charge in [-0.15, -0.1) is 0 Å². The molecule has 0 rings (SSSR count). The van der Waals surface area contributed by atoms with E-state index in [0.29, 0.717) is 13.1 Å². The molecule has 0 radical (unpaired) electrons. The molecular weight excluding hydrogens is 204 g/mol. The second-order valence-electron chi connectivity index (χ2n) is 3.07. The number of aliphatic imine (C=N–C) groups is 1. The lowest BCUT2D eigenvalue weighted by Crippen LogP contribution is -2.46. The monoisotopic (exact) mass is 222 g/mol. The fourth-order valence-electron chi connectivity index (χ4n) is 0.883. The minimum absolute atomic E-state index is 0.294. The summed E-state index contributed by atoms with van der Waals surface area (Å²) >= 11 is 0. The van der Waals surface area contributed by atoms with Crippen LogP contribution >= 0.6 is 0 Å². The molecule has 0 aliphatic carbocycles. The molecule has 0 spiro atoms. The van der Waals surface area contributed by atoms with Gasteiger partial charge in [0.15, 0.2) is 0 Å². The fourth-order valence-corrected chi connectivity index (χ4v) is 0.883. The number of nitrogens with two attached hydrogens (primary N) is 1. The van der Waals surface area contributed by atoms with Gasteiger partial charge in [0.1, 0.15) is 24.4 Å². The Morgan fingerprint density at radius 2 is 1.73 bits per heavy atom. The molecule has 0 aliphatic heterocycles. The maximum atomic E-state index is 9.29. The highest BCUT2D eigenvalue weighted by atomic mass is 16.4. The van der Waals surface area contributed by atoms with Crippen LogP contribution in [-0.2, 0) is 0 Å². The van der Waals surface area contributed by atoms with E-state index in [1.54, 1.807) is 0 Å². The third kappa shape index (κ3) is 5.17. The molecule has 7 nitrogen and oxygen atoms in total. The van der Waals surface area contributed by atoms with Gasteiger partial charge in [0.25, 0.3) is 0 Å². The number of aliphatic hydroxyl groups excluding tert-OH is 5. The molecule has 4 unspecified atom stereocenters. The Morgan fingerprint density at radius 1 is 1.13 bits per heavy atom. The zero-order valence-electron chi connectivity index (χ0n) is 8.27. The van der Waals surface area contributed by atoms with Gasteiger partial charge in [-0.1, -0.05) is 0 Å². The van der Waals surface area contributed by atoms with Gasteiger partial charge < -0.3 is 31.3 Å². The van der Waals surface area contributed by atoms with Crippen LogP contribution < -0.4 is 5.73 Å². The molecule has 0 aliphatic rings. The van der Waals surface area contributed by atoms with E-state index in [0.717, 1.165) is 6.21 Å². The van der Waals surface area contributed by atoms with E-state index in [1.807, 2.05) is 0 Å². The van der Waals surface area contributed by atoms with Gasteiger partial charge in [-0.2, -0.15) is 0 Å². The average molecular weight is 222 g/mol. The van der Waals surface area contributed by atoms with Crippen molar-refractivity contribution in [2.45, 2.75) is 24.4 Å². The number of hydrogen-bond acceptors (Lipinski definition) is 7. The van der Waals surface area contributed by atoms with Gasteiger partial charge in [-0.3, -0.25) is 4.99 Å². The predicted molar refractivity (Wildman–Crippen MR) is 53.5 cm³/mol. The van der Waals surface area contributed by atoms with Gasteiger partial charge in [-0.05, 0) is 0 Å². The molecule has 0 amide bonds. The summed E-state index contributed by atoms with van der Waals surface area (Å²) < 4.78 is 0. The first-order valence-electron chi connectivity index (χ1n) is 4.57. The molecule has 7 heteroatoms. The molecule has 15 heavy (non-hydrogen) atoms. The first kappa shape index (κ1) is 14.4. The van der Waals surface area contributed by atoms with Crippen molar-refractivity contribution in [1.29, 1.82) is 0 Å². The standard InChI is InChI=1S/C8H18N2O5/c9-1-2-10-3-5(12)7(14)8(15)6(13)4-11/h3,5-8,11-15H,1-2,4,9H2. The van der Waals surface area contributed by atoms with Crippen molar-refractivity contribution in [3.8, 4) is 0 Å². The van der Waals surface area contributed by atoms with Gasteiger partial charge in [0.2, 0.25) is 0 Å². The minimum Gasteiger partial charge on any atom is -0.394 e. The topological polar surface area (TPSA) is 140 Å². The van der Waals surface area contributed by atoms with Crippen LogP contribution in [0.1, 0.15) is 0 Å². The van der Waals surface area contributed by atoms with E-state index in [1.165, 1.54) is 0 Å². The van der Waals surface area contributed by atoms with E-state index in [2.05, 4.69) is 4.99 Å². The molecule has 0 aromatic heterocycles. The zero-order chi connectivity index (χ0) is 11.8. The van der Waals surface area contributed by atoms with Gasteiger partial charge in [-0.25, -0.2) is 0 Å². The van der Waals surface area contributed by atoms with Crippen molar-refractivity contribution in [3.63, 3.8) is 0 Å². The average Bonchev–Trinajstić information content (AvgIpc) is 2.26. The van der Waals surface area contributed by atoms with Crippen LogP contribution in [0.15, 0.2) is 4.99 Å². The van der Waals surface area contributed by atoms with Crippen LogP contribution in [0, 0.1) is 0 Å². The predicted octanol–water partition coefficient (Wildman–Crippen LogP) is -3.55. The quantitative estimate of drug-likeness (QED) is 0.246. The van der Waals surface area contributed by atoms with Gasteiger partial charge in [0, 0.05) is 12.8 Å². The van der Waals surface area contributed by atoms with E-state index in [-0.39, 0.29) is 0 Å². The highest BCUT2D eigenvalue weighted by molar-refractivity contribution is 5.63. The molecule has 0 saturated carbocycles. The molecule has 0 aromatic carbocycles. The molecule has 4 atom stereocenters. The Kier molecular flexibility index (Phi) is 7.39. The van der Waals surface area contributed by atoms with Crippen molar-refractivity contribution in [1.82, 2.24) is 0 Å². The summed E-state index contributed by atoms with van der Waals surface area (Å²) in [7, 11) is 0. The summed E-state index contributed by atoms with van der Waals surface area (Å²) in [6, 6.07) is 0. The molecule has 0 bridgehead atoms. The Morgan fingerprint density at radius 3 is 2.20 bits per heavy atom. The van der Waals surface area contributed by atoms with Crippen molar-refractivity contribution >= 4 is 6.21 Å². The van der Waals surface area contributed by atoms with Crippen molar-refractivity contribution in [2.75, 3.05) is 19.7 Å². The van der Waals surface area contributed by atoms with E-state index in [9.17, 15) is 15.3 Å². The first-order valence-corrected chi connectivity index (χ1v) is 4.57. The fraction of sp³-hybridized carbons (Fsp3) is 0.875. The third-order valence-electron chi connectivity index (χ3n) is 1.80. The summed E-state index contributed by atoms with van der Waals surface area (Å²) in [6.45, 7) is -0.103. The molecule has 0 saturated heterocycles. The van der Waals surface area contributed by atoms with Crippen LogP contribution in [0.25, 0.3) is 0 Å². The van der Waals surface area contributed by atoms with Crippen LogP contribution in [0.3, 0.4) is 0 Å². The van der Waals surface area contributed by atoms with Crippen LogP contribution in [0.4, 0.5) is 0 Å². The first-order chi connectivity index (χ1) is 7.04. The summed E-state index contributed by atoms with van der Waals surface area (Å²) in [6.07, 6.45) is -5.11.